The summed E-state index contributed by atoms with van der Waals surface area (Å²) in [5, 5.41) is 3.51. The van der Waals surface area contributed by atoms with E-state index in [0.29, 0.717) is 67.1 Å². The maximum atomic E-state index is 12.8. The lowest BCUT2D eigenvalue weighted by Gasteiger charge is -2.34. The van der Waals surface area contributed by atoms with Crippen LogP contribution in [0.4, 0.5) is 0 Å². The molecule has 3 aromatic rings. The second-order valence-corrected chi connectivity index (χ2v) is 11.1. The molecule has 1 N–H and O–H groups in total. The van der Waals surface area contributed by atoms with Crippen LogP contribution in [0.1, 0.15) is 21.5 Å². The van der Waals surface area contributed by atoms with Crippen LogP contribution in [0.25, 0.3) is 0 Å². The van der Waals surface area contributed by atoms with E-state index in [-0.39, 0.29) is 5.91 Å². The van der Waals surface area contributed by atoms with E-state index >= 15 is 0 Å². The van der Waals surface area contributed by atoms with Crippen LogP contribution in [0, 0.1) is 6.92 Å². The van der Waals surface area contributed by atoms with Crippen LogP contribution in [-0.4, -0.2) is 62.9 Å². The Hall–Kier alpha value is -2.91. The van der Waals surface area contributed by atoms with Crippen molar-refractivity contribution in [1.82, 2.24) is 14.5 Å². The molecule has 0 aliphatic carbocycles. The average Bonchev–Trinajstić information content (AvgIpc) is 2.90. The third-order valence-corrected chi connectivity index (χ3v) is 8.45. The van der Waals surface area contributed by atoms with E-state index in [2.05, 4.69) is 10.2 Å². The van der Waals surface area contributed by atoms with Gasteiger partial charge < -0.3 is 10.1 Å². The number of ether oxygens (including phenoxy) is 1. The fraction of sp³-hybridized carbons (Fsp3) is 0.296. The summed E-state index contributed by atoms with van der Waals surface area (Å²) in [6.45, 7) is 5.56. The first-order valence-corrected chi connectivity index (χ1v) is 13.7. The molecule has 1 amide bonds. The van der Waals surface area contributed by atoms with Crippen molar-refractivity contribution < 1.29 is 17.9 Å². The molecular weight excluding hydrogens is 498 g/mol. The highest BCUT2D eigenvalue weighted by Gasteiger charge is 2.28. The Morgan fingerprint density at radius 3 is 2.33 bits per heavy atom. The molecule has 1 heterocycles. The normalized spacial score (nSPS) is 14.9. The minimum Gasteiger partial charge on any atom is -0.492 e. The SMILES string of the molecule is Cc1ccc(OCCNC(=O)c2ccc(CN3CCN(S(=O)(=O)c4ccccc4)CC3)cc2)cc1Cl. The zero-order valence-corrected chi connectivity index (χ0v) is 21.8. The van der Waals surface area contributed by atoms with E-state index in [4.69, 9.17) is 16.3 Å². The molecule has 0 unspecified atom stereocenters. The first-order valence-electron chi connectivity index (χ1n) is 11.9. The van der Waals surface area contributed by atoms with Crippen molar-refractivity contribution in [2.45, 2.75) is 18.4 Å². The number of benzene rings is 3. The highest BCUT2D eigenvalue weighted by molar-refractivity contribution is 7.89. The third kappa shape index (κ3) is 6.64. The van der Waals surface area contributed by atoms with Crippen LogP contribution in [0.5, 0.6) is 5.75 Å². The highest BCUT2D eigenvalue weighted by Crippen LogP contribution is 2.21. The molecule has 0 bridgehead atoms. The van der Waals surface area contributed by atoms with Gasteiger partial charge in [-0.25, -0.2) is 8.42 Å². The van der Waals surface area contributed by atoms with Gasteiger partial charge in [-0.2, -0.15) is 4.31 Å². The summed E-state index contributed by atoms with van der Waals surface area (Å²) in [6, 6.07) is 21.5. The fourth-order valence-corrected chi connectivity index (χ4v) is 5.60. The summed E-state index contributed by atoms with van der Waals surface area (Å²) in [7, 11) is -3.46. The predicted molar refractivity (Wildman–Crippen MR) is 141 cm³/mol. The number of aryl methyl sites for hydroxylation is 1. The molecule has 9 heteroatoms. The fourth-order valence-electron chi connectivity index (χ4n) is 3.99. The number of hydrogen-bond donors (Lipinski definition) is 1. The third-order valence-electron chi connectivity index (χ3n) is 6.13. The van der Waals surface area contributed by atoms with Gasteiger partial charge in [0.1, 0.15) is 12.4 Å². The summed E-state index contributed by atoms with van der Waals surface area (Å²) in [6.07, 6.45) is 0. The number of hydrogen-bond acceptors (Lipinski definition) is 5. The minimum absolute atomic E-state index is 0.160. The molecule has 190 valence electrons. The summed E-state index contributed by atoms with van der Waals surface area (Å²) < 4.78 is 32.8. The monoisotopic (exact) mass is 527 g/mol. The van der Waals surface area contributed by atoms with Crippen molar-refractivity contribution in [1.29, 1.82) is 0 Å². The van der Waals surface area contributed by atoms with Crippen LogP contribution in [-0.2, 0) is 16.6 Å². The summed E-state index contributed by atoms with van der Waals surface area (Å²) >= 11 is 6.10. The standard InChI is InChI=1S/C27H30ClN3O4S/c1-21-7-12-24(19-26(21)28)35-18-13-29-27(32)23-10-8-22(9-11-23)20-30-14-16-31(17-15-30)36(33,34)25-5-3-2-4-6-25/h2-12,19H,13-18,20H2,1H3,(H,29,32). The number of nitrogens with one attached hydrogen (secondary N) is 1. The zero-order chi connectivity index (χ0) is 25.5. The number of carbonyl (C=O) groups excluding carboxylic acids is 1. The van der Waals surface area contributed by atoms with Crippen LogP contribution in [0.2, 0.25) is 5.02 Å². The summed E-state index contributed by atoms with van der Waals surface area (Å²) in [5.74, 6) is 0.509. The Kier molecular flexibility index (Phi) is 8.64. The molecule has 1 aliphatic rings. The van der Waals surface area contributed by atoms with Gasteiger partial charge in [0.2, 0.25) is 10.0 Å². The Labute approximate surface area is 217 Å². The minimum atomic E-state index is -3.46. The van der Waals surface area contributed by atoms with Crippen LogP contribution < -0.4 is 10.1 Å². The largest absolute Gasteiger partial charge is 0.492 e. The lowest BCUT2D eigenvalue weighted by molar-refractivity contribution is 0.0947. The van der Waals surface area contributed by atoms with Crippen molar-refractivity contribution in [3.63, 3.8) is 0 Å². The van der Waals surface area contributed by atoms with E-state index in [1.54, 1.807) is 46.8 Å². The topological polar surface area (TPSA) is 79.0 Å². The molecule has 36 heavy (non-hydrogen) atoms. The zero-order valence-electron chi connectivity index (χ0n) is 20.2. The molecule has 3 aromatic carbocycles. The molecule has 7 nitrogen and oxygen atoms in total. The number of piperazine rings is 1. The number of halogens is 1. The van der Waals surface area contributed by atoms with E-state index in [9.17, 15) is 13.2 Å². The van der Waals surface area contributed by atoms with Gasteiger partial charge in [0.25, 0.3) is 5.91 Å². The highest BCUT2D eigenvalue weighted by atomic mass is 35.5. The summed E-state index contributed by atoms with van der Waals surface area (Å²) in [4.78, 5) is 15.0. The van der Waals surface area contributed by atoms with Gasteiger partial charge in [0.15, 0.2) is 0 Å². The number of rotatable bonds is 9. The van der Waals surface area contributed by atoms with E-state index in [1.807, 2.05) is 37.3 Å². The molecule has 0 atom stereocenters. The van der Waals surface area contributed by atoms with Crippen LogP contribution in [0.15, 0.2) is 77.7 Å². The molecule has 0 saturated carbocycles. The van der Waals surface area contributed by atoms with Crippen LogP contribution >= 0.6 is 11.6 Å². The number of amides is 1. The lowest BCUT2D eigenvalue weighted by Crippen LogP contribution is -2.48. The van der Waals surface area contributed by atoms with E-state index < -0.39 is 10.0 Å². The molecule has 0 aromatic heterocycles. The maximum Gasteiger partial charge on any atom is 0.251 e. The Bertz CT molecular complexity index is 1280. The number of sulfonamides is 1. The van der Waals surface area contributed by atoms with E-state index in [0.717, 1.165) is 11.1 Å². The first kappa shape index (κ1) is 26.2. The Morgan fingerprint density at radius 1 is 0.972 bits per heavy atom. The van der Waals surface area contributed by atoms with Gasteiger partial charge in [-0.1, -0.05) is 48.0 Å². The van der Waals surface area contributed by atoms with Gasteiger partial charge in [-0.3, -0.25) is 9.69 Å². The molecule has 4 rings (SSSR count). The molecule has 0 radical (unpaired) electrons. The van der Waals surface area contributed by atoms with E-state index in [1.165, 1.54) is 0 Å². The molecular formula is C27H30ClN3O4S. The predicted octanol–water partition coefficient (Wildman–Crippen LogP) is 3.96. The van der Waals surface area contributed by atoms with Gasteiger partial charge in [0, 0.05) is 43.3 Å². The smallest absolute Gasteiger partial charge is 0.251 e. The van der Waals surface area contributed by atoms with Crippen molar-refractivity contribution in [2.24, 2.45) is 0 Å². The van der Waals surface area contributed by atoms with Crippen molar-refractivity contribution in [3.05, 3.63) is 94.5 Å². The number of nitrogens with zero attached hydrogens (tertiary/aromatic N) is 2. The van der Waals surface area contributed by atoms with Gasteiger partial charge in [0.05, 0.1) is 11.4 Å². The van der Waals surface area contributed by atoms with Crippen molar-refractivity contribution >= 4 is 27.5 Å². The lowest BCUT2D eigenvalue weighted by atomic mass is 10.1. The second-order valence-electron chi connectivity index (χ2n) is 8.71. The van der Waals surface area contributed by atoms with Crippen LogP contribution in [0.3, 0.4) is 0 Å². The first-order chi connectivity index (χ1) is 17.3. The van der Waals surface area contributed by atoms with Gasteiger partial charge >= 0.3 is 0 Å². The molecule has 1 fully saturated rings. The second kappa shape index (κ2) is 11.9. The quantitative estimate of drug-likeness (QED) is 0.426. The number of carbonyl (C=O) groups is 1. The molecule has 0 spiro atoms. The summed E-state index contributed by atoms with van der Waals surface area (Å²) in [5.41, 5.74) is 2.64. The van der Waals surface area contributed by atoms with Crippen molar-refractivity contribution in [2.75, 3.05) is 39.3 Å². The molecule has 1 saturated heterocycles. The maximum absolute atomic E-state index is 12.8. The average molecular weight is 528 g/mol. The Balaban J connectivity index is 1.21. The molecule has 1 aliphatic heterocycles. The van der Waals surface area contributed by atoms with Gasteiger partial charge in [-0.05, 0) is 54.4 Å². The van der Waals surface area contributed by atoms with Gasteiger partial charge in [-0.15, -0.1) is 0 Å². The Morgan fingerprint density at radius 2 is 1.67 bits per heavy atom. The van der Waals surface area contributed by atoms with Crippen molar-refractivity contribution in [3.8, 4) is 5.75 Å².